The van der Waals surface area contributed by atoms with Gasteiger partial charge in [-0.25, -0.2) is 9.69 Å². The molecule has 5 rings (SSSR count). The van der Waals surface area contributed by atoms with Crippen LogP contribution in [0.3, 0.4) is 0 Å². The topological polar surface area (TPSA) is 79.7 Å². The van der Waals surface area contributed by atoms with E-state index in [0.29, 0.717) is 34.4 Å². The largest absolute Gasteiger partial charge is 0.362 e. The number of halogens is 1. The minimum atomic E-state index is -0.538. The lowest BCUT2D eigenvalue weighted by molar-refractivity contribution is -0.120. The van der Waals surface area contributed by atoms with Crippen molar-refractivity contribution >= 4 is 46.6 Å². The van der Waals surface area contributed by atoms with Crippen LogP contribution in [0, 0.1) is 24.2 Å². The molecule has 3 atom stereocenters. The number of rotatable bonds is 3. The van der Waals surface area contributed by atoms with Crippen LogP contribution in [0.15, 0.2) is 12.1 Å². The summed E-state index contributed by atoms with van der Waals surface area (Å²) in [6.07, 6.45) is 7.14. The molecule has 4 aliphatic rings. The molecular formula is C23H26ClN5O2S. The normalized spacial score (nSPS) is 27.2. The van der Waals surface area contributed by atoms with E-state index in [1.54, 1.807) is 24.0 Å². The van der Waals surface area contributed by atoms with E-state index < -0.39 is 6.04 Å². The maximum Gasteiger partial charge on any atom is 0.332 e. The van der Waals surface area contributed by atoms with Gasteiger partial charge in [0.15, 0.2) is 5.11 Å². The first-order chi connectivity index (χ1) is 15.4. The van der Waals surface area contributed by atoms with Crippen LogP contribution in [0.4, 0.5) is 10.5 Å². The van der Waals surface area contributed by atoms with Gasteiger partial charge < -0.3 is 15.1 Å². The SMILES string of the molecule is Cc1c(N2C(=O)[C@H]3C4C[C@H](CN4C(=S)NCC4CCCCC4)N3C2=O)ccc(C#N)c1Cl. The monoisotopic (exact) mass is 471 g/mol. The number of anilines is 1. The first kappa shape index (κ1) is 21.5. The molecular weight excluding hydrogens is 446 g/mol. The number of urea groups is 1. The highest BCUT2D eigenvalue weighted by Crippen LogP contribution is 2.43. The summed E-state index contributed by atoms with van der Waals surface area (Å²) >= 11 is 12.0. The zero-order chi connectivity index (χ0) is 22.6. The summed E-state index contributed by atoms with van der Waals surface area (Å²) < 4.78 is 0. The fraction of sp³-hybridized carbons (Fsp3) is 0.565. The molecule has 9 heteroatoms. The predicted molar refractivity (Wildman–Crippen MR) is 125 cm³/mol. The van der Waals surface area contributed by atoms with Gasteiger partial charge in [0, 0.05) is 13.1 Å². The number of carbonyl (C=O) groups is 2. The van der Waals surface area contributed by atoms with Gasteiger partial charge in [-0.15, -0.1) is 0 Å². The Bertz CT molecular complexity index is 1030. The average Bonchev–Trinajstić information content (AvgIpc) is 3.47. The molecule has 168 valence electrons. The van der Waals surface area contributed by atoms with Crippen LogP contribution in [0.1, 0.15) is 49.7 Å². The third-order valence-corrected chi connectivity index (χ3v) is 8.38. The Balaban J connectivity index is 1.33. The summed E-state index contributed by atoms with van der Waals surface area (Å²) in [5.74, 6) is 0.415. The standard InChI is InChI=1S/C23H26ClN5O2S/c1-13-17(8-7-15(10-25)19(13)24)29-21(30)20-18-9-16(28(20)23(29)31)12-27(18)22(32)26-11-14-5-3-2-4-6-14/h7-8,14,16,18,20H,2-6,9,11-12H2,1H3,(H,26,32)/t16-,18?,20-/m1/s1. The average molecular weight is 472 g/mol. The molecule has 1 aromatic carbocycles. The molecule has 1 N–H and O–H groups in total. The molecule has 2 bridgehead atoms. The number of amides is 3. The number of benzene rings is 1. The van der Waals surface area contributed by atoms with Gasteiger partial charge in [-0.05, 0) is 62.0 Å². The third kappa shape index (κ3) is 3.25. The number of fused-ring (bicyclic) bond motifs is 5. The number of imide groups is 1. The summed E-state index contributed by atoms with van der Waals surface area (Å²) in [5, 5.41) is 13.6. The highest BCUT2D eigenvalue weighted by Gasteiger charge is 2.62. The predicted octanol–water partition coefficient (Wildman–Crippen LogP) is 3.57. The summed E-state index contributed by atoms with van der Waals surface area (Å²) in [4.78, 5) is 31.8. The van der Waals surface area contributed by atoms with Crippen molar-refractivity contribution in [2.24, 2.45) is 5.92 Å². The van der Waals surface area contributed by atoms with Gasteiger partial charge in [0.1, 0.15) is 12.1 Å². The zero-order valence-electron chi connectivity index (χ0n) is 18.0. The first-order valence-corrected chi connectivity index (χ1v) is 12.1. The van der Waals surface area contributed by atoms with Crippen molar-refractivity contribution in [1.82, 2.24) is 15.1 Å². The van der Waals surface area contributed by atoms with E-state index >= 15 is 0 Å². The van der Waals surface area contributed by atoms with E-state index in [-0.39, 0.29) is 29.0 Å². The number of hydrogen-bond acceptors (Lipinski definition) is 4. The second-order valence-electron chi connectivity index (χ2n) is 9.29. The Morgan fingerprint density at radius 3 is 2.75 bits per heavy atom. The molecule has 1 unspecified atom stereocenters. The van der Waals surface area contributed by atoms with Crippen molar-refractivity contribution in [1.29, 1.82) is 5.26 Å². The number of nitrogens with one attached hydrogen (secondary N) is 1. The van der Waals surface area contributed by atoms with E-state index in [1.807, 2.05) is 6.07 Å². The molecule has 3 aliphatic heterocycles. The van der Waals surface area contributed by atoms with E-state index in [9.17, 15) is 14.9 Å². The summed E-state index contributed by atoms with van der Waals surface area (Å²) in [6.45, 7) is 3.26. The van der Waals surface area contributed by atoms with Gasteiger partial charge in [0.2, 0.25) is 0 Å². The number of carbonyl (C=O) groups excluding carboxylic acids is 2. The van der Waals surface area contributed by atoms with Crippen LogP contribution >= 0.6 is 23.8 Å². The minimum absolute atomic E-state index is 0.0324. The second kappa shape index (κ2) is 8.20. The Hall–Kier alpha value is -2.37. The molecule has 1 saturated carbocycles. The highest BCUT2D eigenvalue weighted by molar-refractivity contribution is 7.80. The maximum atomic E-state index is 13.4. The van der Waals surface area contributed by atoms with Crippen LogP contribution in [0.5, 0.6) is 0 Å². The Kier molecular flexibility index (Phi) is 5.50. The summed E-state index contributed by atoms with van der Waals surface area (Å²) in [7, 11) is 0. The maximum absolute atomic E-state index is 13.4. The van der Waals surface area contributed by atoms with Crippen molar-refractivity contribution in [2.45, 2.75) is 63.6 Å². The van der Waals surface area contributed by atoms with E-state index in [4.69, 9.17) is 23.8 Å². The molecule has 1 aromatic rings. The lowest BCUT2D eigenvalue weighted by atomic mass is 9.89. The third-order valence-electron chi connectivity index (χ3n) is 7.51. The zero-order valence-corrected chi connectivity index (χ0v) is 19.6. The van der Waals surface area contributed by atoms with Gasteiger partial charge in [-0.2, -0.15) is 5.26 Å². The van der Waals surface area contributed by atoms with Crippen molar-refractivity contribution in [3.8, 4) is 6.07 Å². The van der Waals surface area contributed by atoms with E-state index in [2.05, 4.69) is 10.2 Å². The quantitative estimate of drug-likeness (QED) is 0.536. The lowest BCUT2D eigenvalue weighted by Crippen LogP contribution is -2.57. The van der Waals surface area contributed by atoms with Crippen molar-refractivity contribution < 1.29 is 9.59 Å². The molecule has 1 aliphatic carbocycles. The smallest absolute Gasteiger partial charge is 0.332 e. The number of hydrogen-bond donors (Lipinski definition) is 1. The Morgan fingerprint density at radius 1 is 1.28 bits per heavy atom. The van der Waals surface area contributed by atoms with Crippen molar-refractivity contribution in [2.75, 3.05) is 18.0 Å². The minimum Gasteiger partial charge on any atom is -0.362 e. The van der Waals surface area contributed by atoms with Gasteiger partial charge in [-0.1, -0.05) is 30.9 Å². The van der Waals surface area contributed by atoms with Crippen LogP contribution in [-0.4, -0.2) is 58.1 Å². The highest BCUT2D eigenvalue weighted by atomic mass is 35.5. The van der Waals surface area contributed by atoms with E-state index in [1.165, 1.54) is 37.0 Å². The Labute approximate surface area is 198 Å². The van der Waals surface area contributed by atoms with Gasteiger partial charge in [0.05, 0.1) is 28.4 Å². The number of likely N-dealkylation sites (tertiary alicyclic amines) is 1. The molecule has 32 heavy (non-hydrogen) atoms. The number of piperazine rings is 1. The summed E-state index contributed by atoms with van der Waals surface area (Å²) in [5.41, 5.74) is 1.33. The van der Waals surface area contributed by atoms with E-state index in [0.717, 1.165) is 13.0 Å². The number of nitriles is 1. The lowest BCUT2D eigenvalue weighted by Gasteiger charge is -2.37. The molecule has 7 nitrogen and oxygen atoms in total. The molecule has 0 radical (unpaired) electrons. The second-order valence-corrected chi connectivity index (χ2v) is 10.1. The van der Waals surface area contributed by atoms with Crippen LogP contribution in [0.2, 0.25) is 5.02 Å². The molecule has 3 heterocycles. The summed E-state index contributed by atoms with van der Waals surface area (Å²) in [6, 6.07) is 4.24. The number of thiocarbonyl (C=S) groups is 1. The van der Waals surface area contributed by atoms with Gasteiger partial charge >= 0.3 is 6.03 Å². The van der Waals surface area contributed by atoms with Crippen molar-refractivity contribution in [3.63, 3.8) is 0 Å². The molecule has 3 amide bonds. The van der Waals surface area contributed by atoms with Crippen molar-refractivity contribution in [3.05, 3.63) is 28.3 Å². The van der Waals surface area contributed by atoms with Crippen LogP contribution < -0.4 is 10.2 Å². The fourth-order valence-corrected chi connectivity index (χ4v) is 6.34. The molecule has 3 saturated heterocycles. The molecule has 0 aromatic heterocycles. The Morgan fingerprint density at radius 2 is 2.03 bits per heavy atom. The van der Waals surface area contributed by atoms with Crippen LogP contribution in [-0.2, 0) is 4.79 Å². The first-order valence-electron chi connectivity index (χ1n) is 11.3. The molecule has 0 spiro atoms. The number of nitrogens with zero attached hydrogens (tertiary/aromatic N) is 4. The van der Waals surface area contributed by atoms with Gasteiger partial charge in [0.25, 0.3) is 5.91 Å². The van der Waals surface area contributed by atoms with Crippen LogP contribution in [0.25, 0.3) is 0 Å². The molecule has 4 fully saturated rings. The fourth-order valence-electron chi connectivity index (χ4n) is 5.84. The van der Waals surface area contributed by atoms with Gasteiger partial charge in [-0.3, -0.25) is 4.79 Å².